The maximum Gasteiger partial charge on any atom is 0.343 e. The quantitative estimate of drug-likeness (QED) is 0.599. The molecule has 0 N–H and O–H groups in total. The minimum absolute atomic E-state index is 0.207. The first-order valence-electron chi connectivity index (χ1n) is 5.49. The lowest BCUT2D eigenvalue weighted by Gasteiger charge is -2.08. The first-order valence-corrected chi connectivity index (χ1v) is 6.24. The molecule has 96 valence electrons. The number of hydrogen-bond acceptors (Lipinski definition) is 2. The van der Waals surface area contributed by atoms with Crippen LogP contribution in [-0.2, 0) is 4.74 Å². The van der Waals surface area contributed by atoms with Crippen molar-refractivity contribution in [2.24, 2.45) is 0 Å². The summed E-state index contributed by atoms with van der Waals surface area (Å²) in [5.74, 6) is -0.264. The molecule has 19 heavy (non-hydrogen) atoms. The fourth-order valence-electron chi connectivity index (χ4n) is 1.52. The van der Waals surface area contributed by atoms with Crippen molar-refractivity contribution in [2.45, 2.75) is 0 Å². The van der Waals surface area contributed by atoms with E-state index < -0.39 is 5.97 Å². The second kappa shape index (κ2) is 5.91. The van der Waals surface area contributed by atoms with Crippen LogP contribution < -0.4 is 0 Å². The van der Waals surface area contributed by atoms with Gasteiger partial charge in [-0.2, -0.15) is 0 Å². The molecule has 0 aromatic heterocycles. The van der Waals surface area contributed by atoms with E-state index in [9.17, 15) is 4.79 Å². The Kier molecular flexibility index (Phi) is 4.25. The number of carbonyl (C=O) groups excluding carboxylic acids is 1. The van der Waals surface area contributed by atoms with Gasteiger partial charge in [-0.15, -0.1) is 0 Å². The molecule has 0 aliphatic heterocycles. The highest BCUT2D eigenvalue weighted by molar-refractivity contribution is 6.34. The average molecular weight is 293 g/mol. The van der Waals surface area contributed by atoms with Gasteiger partial charge in [-0.3, -0.25) is 0 Å². The molecule has 0 radical (unpaired) electrons. The number of esters is 1. The van der Waals surface area contributed by atoms with Crippen LogP contribution in [-0.4, -0.2) is 5.97 Å². The van der Waals surface area contributed by atoms with E-state index in [0.29, 0.717) is 21.2 Å². The summed E-state index contributed by atoms with van der Waals surface area (Å²) in [6, 6.07) is 13.5. The van der Waals surface area contributed by atoms with Crippen LogP contribution in [0.25, 0.3) is 5.76 Å². The highest BCUT2D eigenvalue weighted by Crippen LogP contribution is 2.24. The summed E-state index contributed by atoms with van der Waals surface area (Å²) in [6.07, 6.45) is 0. The Labute approximate surface area is 121 Å². The van der Waals surface area contributed by atoms with Gasteiger partial charge < -0.3 is 4.74 Å². The van der Waals surface area contributed by atoms with Gasteiger partial charge in [0.1, 0.15) is 5.76 Å². The van der Waals surface area contributed by atoms with E-state index >= 15 is 0 Å². The van der Waals surface area contributed by atoms with E-state index in [-0.39, 0.29) is 5.76 Å². The van der Waals surface area contributed by atoms with E-state index in [2.05, 4.69) is 6.58 Å². The summed E-state index contributed by atoms with van der Waals surface area (Å²) in [7, 11) is 0. The van der Waals surface area contributed by atoms with Crippen LogP contribution in [0.15, 0.2) is 55.1 Å². The summed E-state index contributed by atoms with van der Waals surface area (Å²) < 4.78 is 5.18. The number of ether oxygens (including phenoxy) is 1. The Morgan fingerprint density at radius 2 is 1.53 bits per heavy atom. The molecule has 0 heterocycles. The number of rotatable bonds is 3. The van der Waals surface area contributed by atoms with Crippen molar-refractivity contribution in [2.75, 3.05) is 0 Å². The molecule has 2 aromatic carbocycles. The van der Waals surface area contributed by atoms with Crippen molar-refractivity contribution in [1.29, 1.82) is 0 Å². The Balaban J connectivity index is 2.15. The van der Waals surface area contributed by atoms with E-state index in [4.69, 9.17) is 27.9 Å². The van der Waals surface area contributed by atoms with Crippen molar-refractivity contribution in [3.05, 3.63) is 76.3 Å². The molecule has 0 aliphatic rings. The minimum Gasteiger partial charge on any atom is -0.423 e. The van der Waals surface area contributed by atoms with Crippen LogP contribution in [0.5, 0.6) is 0 Å². The third-order valence-corrected chi connectivity index (χ3v) is 2.85. The van der Waals surface area contributed by atoms with E-state index in [1.54, 1.807) is 42.5 Å². The standard InChI is InChI=1S/C15H10Cl2O2/c1-10(12-7-13(16)9-14(17)8-12)19-15(18)11-5-3-2-4-6-11/h2-9H,1H2. The van der Waals surface area contributed by atoms with Gasteiger partial charge >= 0.3 is 5.97 Å². The molecular formula is C15H10Cl2O2. The maximum atomic E-state index is 11.8. The van der Waals surface area contributed by atoms with Crippen molar-refractivity contribution < 1.29 is 9.53 Å². The molecule has 0 fully saturated rings. The van der Waals surface area contributed by atoms with Crippen LogP contribution in [0.3, 0.4) is 0 Å². The fraction of sp³-hybridized carbons (Fsp3) is 0. The van der Waals surface area contributed by atoms with Gasteiger partial charge in [0.15, 0.2) is 0 Å². The Morgan fingerprint density at radius 1 is 0.947 bits per heavy atom. The van der Waals surface area contributed by atoms with Crippen molar-refractivity contribution in [3.8, 4) is 0 Å². The second-order valence-corrected chi connectivity index (χ2v) is 4.71. The summed E-state index contributed by atoms with van der Waals surface area (Å²) in [6.45, 7) is 3.71. The molecule has 2 aromatic rings. The van der Waals surface area contributed by atoms with E-state index in [1.807, 2.05) is 6.07 Å². The molecule has 0 unspecified atom stereocenters. The highest BCUT2D eigenvalue weighted by atomic mass is 35.5. The number of carbonyl (C=O) groups is 1. The zero-order valence-electron chi connectivity index (χ0n) is 9.90. The summed E-state index contributed by atoms with van der Waals surface area (Å²) in [5.41, 5.74) is 1.03. The minimum atomic E-state index is -0.471. The summed E-state index contributed by atoms with van der Waals surface area (Å²) >= 11 is 11.8. The lowest BCUT2D eigenvalue weighted by Crippen LogP contribution is -2.03. The average Bonchev–Trinajstić information content (AvgIpc) is 2.38. The maximum absolute atomic E-state index is 11.8. The molecule has 4 heteroatoms. The van der Waals surface area contributed by atoms with Gasteiger partial charge in [0, 0.05) is 15.6 Å². The zero-order chi connectivity index (χ0) is 13.8. The van der Waals surface area contributed by atoms with Gasteiger partial charge in [0.05, 0.1) is 5.56 Å². The molecule has 0 spiro atoms. The van der Waals surface area contributed by atoms with Gasteiger partial charge in [0.2, 0.25) is 0 Å². The predicted molar refractivity (Wildman–Crippen MR) is 77.4 cm³/mol. The fourth-order valence-corrected chi connectivity index (χ4v) is 2.04. The second-order valence-electron chi connectivity index (χ2n) is 3.84. The van der Waals surface area contributed by atoms with Crippen LogP contribution in [0, 0.1) is 0 Å². The molecule has 2 nitrogen and oxygen atoms in total. The molecule has 0 aliphatic carbocycles. The number of hydrogen-bond donors (Lipinski definition) is 0. The van der Waals surface area contributed by atoms with Crippen LogP contribution >= 0.6 is 23.2 Å². The van der Waals surface area contributed by atoms with Crippen molar-refractivity contribution >= 4 is 34.9 Å². The summed E-state index contributed by atoms with van der Waals surface area (Å²) in [4.78, 5) is 11.8. The van der Waals surface area contributed by atoms with Gasteiger partial charge in [-0.1, -0.05) is 48.0 Å². The van der Waals surface area contributed by atoms with E-state index in [0.717, 1.165) is 0 Å². The molecule has 0 amide bonds. The third kappa shape index (κ3) is 3.60. The molecule has 0 bridgehead atoms. The lowest BCUT2D eigenvalue weighted by molar-refractivity contribution is 0.0693. The smallest absolute Gasteiger partial charge is 0.343 e. The first kappa shape index (κ1) is 13.7. The number of halogens is 2. The van der Waals surface area contributed by atoms with Gasteiger partial charge in [0.25, 0.3) is 0 Å². The number of benzene rings is 2. The Morgan fingerprint density at radius 3 is 2.11 bits per heavy atom. The van der Waals surface area contributed by atoms with Crippen LogP contribution in [0.4, 0.5) is 0 Å². The van der Waals surface area contributed by atoms with E-state index in [1.165, 1.54) is 0 Å². The first-order chi connectivity index (χ1) is 9.06. The van der Waals surface area contributed by atoms with Crippen molar-refractivity contribution in [3.63, 3.8) is 0 Å². The van der Waals surface area contributed by atoms with Gasteiger partial charge in [-0.05, 0) is 30.3 Å². The monoisotopic (exact) mass is 292 g/mol. The Bertz CT molecular complexity index is 601. The van der Waals surface area contributed by atoms with Crippen LogP contribution in [0.2, 0.25) is 10.0 Å². The largest absolute Gasteiger partial charge is 0.423 e. The SMILES string of the molecule is C=C(OC(=O)c1ccccc1)c1cc(Cl)cc(Cl)c1. The molecule has 2 rings (SSSR count). The van der Waals surface area contributed by atoms with Crippen molar-refractivity contribution in [1.82, 2.24) is 0 Å². The molecular weight excluding hydrogens is 283 g/mol. The highest BCUT2D eigenvalue weighted by Gasteiger charge is 2.11. The third-order valence-electron chi connectivity index (χ3n) is 2.41. The lowest BCUT2D eigenvalue weighted by atomic mass is 10.2. The predicted octanol–water partition coefficient (Wildman–Crippen LogP) is 4.82. The normalized spacial score (nSPS) is 10.0. The molecule has 0 saturated heterocycles. The summed E-state index contributed by atoms with van der Waals surface area (Å²) in [5, 5.41) is 0.916. The Hall–Kier alpha value is -1.77. The topological polar surface area (TPSA) is 26.3 Å². The molecule has 0 atom stereocenters. The van der Waals surface area contributed by atoms with Gasteiger partial charge in [-0.25, -0.2) is 4.79 Å². The van der Waals surface area contributed by atoms with Crippen LogP contribution in [0.1, 0.15) is 15.9 Å². The molecule has 0 saturated carbocycles. The zero-order valence-corrected chi connectivity index (χ0v) is 11.4.